The minimum atomic E-state index is -0.809. The van der Waals surface area contributed by atoms with Crippen LogP contribution in [-0.4, -0.2) is 31.6 Å². The van der Waals surface area contributed by atoms with Crippen molar-refractivity contribution in [3.63, 3.8) is 0 Å². The molecule has 0 fully saturated rings. The summed E-state index contributed by atoms with van der Waals surface area (Å²) in [6, 6.07) is 25.6. The molecule has 34 heavy (non-hydrogen) atoms. The van der Waals surface area contributed by atoms with Crippen LogP contribution in [0.5, 0.6) is 0 Å². The first-order valence-electron chi connectivity index (χ1n) is 11.2. The number of aliphatic carboxylic acids is 1. The van der Waals surface area contributed by atoms with Gasteiger partial charge in [-0.3, -0.25) is 9.69 Å². The van der Waals surface area contributed by atoms with E-state index in [0.717, 1.165) is 33.5 Å². The summed E-state index contributed by atoms with van der Waals surface area (Å²) in [7, 11) is 0. The number of aromatic nitrogens is 2. The molecule has 1 aromatic heterocycles. The number of rotatable bonds is 6. The fourth-order valence-corrected chi connectivity index (χ4v) is 4.57. The zero-order valence-corrected chi connectivity index (χ0v) is 18.6. The van der Waals surface area contributed by atoms with Gasteiger partial charge in [0.1, 0.15) is 6.04 Å². The number of carboxylic acids is 1. The van der Waals surface area contributed by atoms with Gasteiger partial charge in [-0.15, -0.1) is 0 Å². The van der Waals surface area contributed by atoms with E-state index in [1.807, 2.05) is 39.8 Å². The van der Waals surface area contributed by atoms with Crippen LogP contribution < -0.4 is 0 Å². The van der Waals surface area contributed by atoms with E-state index in [1.54, 1.807) is 24.7 Å². The molecule has 0 amide bonds. The molecule has 0 spiro atoms. The van der Waals surface area contributed by atoms with E-state index in [-0.39, 0.29) is 0 Å². The largest absolute Gasteiger partial charge is 0.480 e. The van der Waals surface area contributed by atoms with Gasteiger partial charge in [-0.1, -0.05) is 54.6 Å². The lowest BCUT2D eigenvalue weighted by molar-refractivity contribution is -0.144. The zero-order chi connectivity index (χ0) is 23.5. The second kappa shape index (κ2) is 9.34. The van der Waals surface area contributed by atoms with Crippen molar-refractivity contribution >= 4 is 5.97 Å². The molecule has 1 aliphatic heterocycles. The third-order valence-electron chi connectivity index (χ3n) is 6.43. The third kappa shape index (κ3) is 4.47. The molecule has 168 valence electrons. The van der Waals surface area contributed by atoms with Gasteiger partial charge in [0.25, 0.3) is 0 Å². The van der Waals surface area contributed by atoms with Crippen LogP contribution >= 0.6 is 0 Å². The summed E-state index contributed by atoms with van der Waals surface area (Å²) >= 11 is 0. The maximum absolute atomic E-state index is 12.1. The molecule has 0 saturated heterocycles. The highest BCUT2D eigenvalue weighted by Crippen LogP contribution is 2.30. The van der Waals surface area contributed by atoms with E-state index in [4.69, 9.17) is 5.26 Å². The van der Waals surface area contributed by atoms with Gasteiger partial charge in [0, 0.05) is 25.8 Å². The van der Waals surface area contributed by atoms with Gasteiger partial charge in [-0.25, -0.2) is 4.98 Å². The first-order chi connectivity index (χ1) is 16.6. The molecular weight excluding hydrogens is 424 g/mol. The van der Waals surface area contributed by atoms with E-state index in [9.17, 15) is 9.90 Å². The van der Waals surface area contributed by atoms with Gasteiger partial charge < -0.3 is 9.67 Å². The summed E-state index contributed by atoms with van der Waals surface area (Å²) in [5, 5.41) is 19.0. The van der Waals surface area contributed by atoms with E-state index in [0.29, 0.717) is 31.6 Å². The number of hydrogen-bond donors (Lipinski definition) is 1. The van der Waals surface area contributed by atoms with Crippen molar-refractivity contribution in [3.05, 3.63) is 113 Å². The molecule has 1 atom stereocenters. The van der Waals surface area contributed by atoms with Crippen molar-refractivity contribution in [1.82, 2.24) is 14.5 Å². The third-order valence-corrected chi connectivity index (χ3v) is 6.43. The van der Waals surface area contributed by atoms with E-state index in [2.05, 4.69) is 41.4 Å². The SMILES string of the molecule is N#Cc1ccc(Cn2cncc2CN2Cc3cc(-c4ccccc4)ccc3C[C@H]2C(=O)O)cc1. The Morgan fingerprint density at radius 3 is 2.53 bits per heavy atom. The number of benzene rings is 3. The summed E-state index contributed by atoms with van der Waals surface area (Å²) in [4.78, 5) is 18.5. The molecule has 3 aromatic carbocycles. The summed E-state index contributed by atoms with van der Waals surface area (Å²) in [5.41, 5.74) is 7.19. The van der Waals surface area contributed by atoms with Crippen LogP contribution in [0.2, 0.25) is 0 Å². The van der Waals surface area contributed by atoms with Crippen LogP contribution in [0.3, 0.4) is 0 Å². The molecule has 1 N–H and O–H groups in total. The lowest BCUT2D eigenvalue weighted by Crippen LogP contribution is -2.45. The molecular formula is C28H24N4O2. The Labute approximate surface area is 198 Å². The van der Waals surface area contributed by atoms with Crippen LogP contribution in [0, 0.1) is 11.3 Å². The topological polar surface area (TPSA) is 82.2 Å². The van der Waals surface area contributed by atoms with Gasteiger partial charge in [-0.05, 0) is 52.4 Å². The number of carbonyl (C=O) groups is 1. The Bertz CT molecular complexity index is 1350. The molecule has 0 unspecified atom stereocenters. The molecule has 4 aromatic rings. The van der Waals surface area contributed by atoms with E-state index in [1.165, 1.54) is 0 Å². The fourth-order valence-electron chi connectivity index (χ4n) is 4.57. The van der Waals surface area contributed by atoms with Crippen molar-refractivity contribution in [2.45, 2.75) is 32.1 Å². The summed E-state index contributed by atoms with van der Waals surface area (Å²) in [5.74, 6) is -0.809. The minimum Gasteiger partial charge on any atom is -0.480 e. The standard InChI is InChI=1S/C28H24N4O2/c29-14-20-6-8-21(9-7-20)16-32-19-30-15-26(32)18-31-17-25-12-23(22-4-2-1-3-5-22)10-11-24(25)13-27(31)28(33)34/h1-12,15,19,27H,13,16-18H2,(H,33,34)/t27-/m0/s1. The second-order valence-electron chi connectivity index (χ2n) is 8.63. The highest BCUT2D eigenvalue weighted by molar-refractivity contribution is 5.75. The smallest absolute Gasteiger partial charge is 0.321 e. The molecule has 6 nitrogen and oxygen atoms in total. The Kier molecular flexibility index (Phi) is 5.94. The van der Waals surface area contributed by atoms with E-state index < -0.39 is 12.0 Å². The van der Waals surface area contributed by atoms with E-state index >= 15 is 0 Å². The van der Waals surface area contributed by atoms with Crippen LogP contribution in [-0.2, 0) is 30.8 Å². The second-order valence-corrected chi connectivity index (χ2v) is 8.63. The monoisotopic (exact) mass is 448 g/mol. The number of nitrogens with zero attached hydrogens (tertiary/aromatic N) is 4. The zero-order valence-electron chi connectivity index (χ0n) is 18.6. The van der Waals surface area contributed by atoms with Gasteiger partial charge in [0.05, 0.1) is 23.7 Å². The van der Waals surface area contributed by atoms with Crippen molar-refractivity contribution < 1.29 is 9.90 Å². The Morgan fingerprint density at radius 1 is 1.00 bits per heavy atom. The number of fused-ring (bicyclic) bond motifs is 1. The lowest BCUT2D eigenvalue weighted by Gasteiger charge is -2.34. The maximum Gasteiger partial charge on any atom is 0.321 e. The van der Waals surface area contributed by atoms with Crippen LogP contribution in [0.15, 0.2) is 85.3 Å². The Balaban J connectivity index is 1.39. The van der Waals surface area contributed by atoms with Crippen molar-refractivity contribution in [1.29, 1.82) is 5.26 Å². The highest BCUT2D eigenvalue weighted by Gasteiger charge is 2.32. The number of nitriles is 1. The quantitative estimate of drug-likeness (QED) is 0.470. The molecule has 0 aliphatic carbocycles. The Morgan fingerprint density at radius 2 is 1.79 bits per heavy atom. The minimum absolute atomic E-state index is 0.476. The van der Waals surface area contributed by atoms with Gasteiger partial charge in [0.15, 0.2) is 0 Å². The Hall–Kier alpha value is -4.21. The average molecular weight is 449 g/mol. The molecule has 2 heterocycles. The van der Waals surface area contributed by atoms with Crippen molar-refractivity contribution in [2.24, 2.45) is 0 Å². The van der Waals surface area contributed by atoms with Gasteiger partial charge >= 0.3 is 5.97 Å². The predicted molar refractivity (Wildman–Crippen MR) is 129 cm³/mol. The normalized spacial score (nSPS) is 15.4. The number of hydrogen-bond acceptors (Lipinski definition) is 4. The molecule has 0 radical (unpaired) electrons. The van der Waals surface area contributed by atoms with Crippen LogP contribution in [0.4, 0.5) is 0 Å². The van der Waals surface area contributed by atoms with Crippen LogP contribution in [0.1, 0.15) is 27.9 Å². The molecule has 1 aliphatic rings. The van der Waals surface area contributed by atoms with Crippen LogP contribution in [0.25, 0.3) is 11.1 Å². The van der Waals surface area contributed by atoms with Gasteiger partial charge in [0.2, 0.25) is 0 Å². The lowest BCUT2D eigenvalue weighted by atomic mass is 9.91. The van der Waals surface area contributed by atoms with Crippen molar-refractivity contribution in [2.75, 3.05) is 0 Å². The first kappa shape index (κ1) is 21.6. The molecule has 0 bridgehead atoms. The number of imidazole rings is 1. The summed E-state index contributed by atoms with van der Waals surface area (Å²) in [6.45, 7) is 1.67. The fraction of sp³-hybridized carbons (Fsp3) is 0.179. The summed E-state index contributed by atoms with van der Waals surface area (Å²) in [6.07, 6.45) is 4.05. The first-order valence-corrected chi connectivity index (χ1v) is 11.2. The molecule has 6 heteroatoms. The predicted octanol–water partition coefficient (Wildman–Crippen LogP) is 4.48. The highest BCUT2D eigenvalue weighted by atomic mass is 16.4. The average Bonchev–Trinajstić information content (AvgIpc) is 3.30. The van der Waals surface area contributed by atoms with Gasteiger partial charge in [-0.2, -0.15) is 5.26 Å². The maximum atomic E-state index is 12.1. The molecule has 5 rings (SSSR count). The molecule has 0 saturated carbocycles. The summed E-state index contributed by atoms with van der Waals surface area (Å²) < 4.78 is 2.04. The van der Waals surface area contributed by atoms with Crippen molar-refractivity contribution in [3.8, 4) is 17.2 Å². The number of carboxylic acid groups (broad SMARTS) is 1.